The summed E-state index contributed by atoms with van der Waals surface area (Å²) in [6, 6.07) is 0. The van der Waals surface area contributed by atoms with Gasteiger partial charge in [-0.15, -0.1) is 0 Å². The average molecular weight is 300 g/mol. The molecule has 0 aromatic heterocycles. The minimum absolute atomic E-state index is 0.207. The van der Waals surface area contributed by atoms with Crippen LogP contribution in [0.1, 0.15) is 52.9 Å². The van der Waals surface area contributed by atoms with Crippen molar-refractivity contribution in [1.82, 2.24) is 5.32 Å². The lowest BCUT2D eigenvalue weighted by Gasteiger charge is -2.33. The van der Waals surface area contributed by atoms with Crippen molar-refractivity contribution in [3.8, 4) is 0 Å². The van der Waals surface area contributed by atoms with Gasteiger partial charge in [0.05, 0.1) is 19.3 Å². The molecule has 1 fully saturated rings. The highest BCUT2D eigenvalue weighted by molar-refractivity contribution is 5.85. The molecule has 0 aromatic rings. The van der Waals surface area contributed by atoms with Crippen LogP contribution in [-0.2, 0) is 14.3 Å². The second-order valence-corrected chi connectivity index (χ2v) is 6.17. The first-order valence-electron chi connectivity index (χ1n) is 8.27. The summed E-state index contributed by atoms with van der Waals surface area (Å²) < 4.78 is 11.1. The molecule has 0 radical (unpaired) electrons. The molecule has 0 heterocycles. The van der Waals surface area contributed by atoms with Crippen molar-refractivity contribution in [2.75, 3.05) is 26.4 Å². The maximum Gasteiger partial charge on any atom is 0.238 e. The summed E-state index contributed by atoms with van der Waals surface area (Å²) in [4.78, 5) is 11.9. The third-order valence-electron chi connectivity index (χ3n) is 4.24. The Balaban J connectivity index is 2.36. The van der Waals surface area contributed by atoms with Gasteiger partial charge in [-0.25, -0.2) is 0 Å². The first kappa shape index (κ1) is 18.4. The Morgan fingerprint density at radius 2 is 2.14 bits per heavy atom. The van der Waals surface area contributed by atoms with Gasteiger partial charge >= 0.3 is 0 Å². The zero-order chi connectivity index (χ0) is 15.7. The van der Waals surface area contributed by atoms with Crippen LogP contribution in [-0.4, -0.2) is 43.9 Å². The molecule has 0 aromatic carbocycles. The summed E-state index contributed by atoms with van der Waals surface area (Å²) in [7, 11) is 0. The van der Waals surface area contributed by atoms with Crippen LogP contribution in [0.25, 0.3) is 0 Å². The molecule has 0 aliphatic heterocycles. The van der Waals surface area contributed by atoms with Crippen LogP contribution in [0.15, 0.2) is 0 Å². The standard InChI is InChI=1S/C16H32N2O3/c1-4-9-18-16(15(17)19)8-5-6-14(16)7-10-20-11-12-21-13(2)3/h13-14,18H,4-12H2,1-3H3,(H2,17,19). The monoisotopic (exact) mass is 300 g/mol. The van der Waals surface area contributed by atoms with Gasteiger partial charge in [-0.2, -0.15) is 0 Å². The number of ether oxygens (including phenoxy) is 2. The van der Waals surface area contributed by atoms with Crippen LogP contribution in [0.5, 0.6) is 0 Å². The molecule has 1 amide bonds. The van der Waals surface area contributed by atoms with Crippen molar-refractivity contribution in [3.05, 3.63) is 0 Å². The minimum atomic E-state index is -0.520. The van der Waals surface area contributed by atoms with Crippen molar-refractivity contribution in [2.24, 2.45) is 11.7 Å². The molecule has 0 bridgehead atoms. The summed E-state index contributed by atoms with van der Waals surface area (Å²) in [6.45, 7) is 8.85. The van der Waals surface area contributed by atoms with E-state index in [9.17, 15) is 4.79 Å². The van der Waals surface area contributed by atoms with Gasteiger partial charge in [0.25, 0.3) is 0 Å². The molecule has 2 unspecified atom stereocenters. The van der Waals surface area contributed by atoms with Crippen molar-refractivity contribution in [1.29, 1.82) is 0 Å². The summed E-state index contributed by atoms with van der Waals surface area (Å²) in [6.07, 6.45) is 5.08. The highest BCUT2D eigenvalue weighted by Crippen LogP contribution is 2.37. The first-order chi connectivity index (χ1) is 10.0. The minimum Gasteiger partial charge on any atom is -0.379 e. The Kier molecular flexibility index (Phi) is 8.22. The van der Waals surface area contributed by atoms with Crippen LogP contribution in [0.2, 0.25) is 0 Å². The Morgan fingerprint density at radius 1 is 1.38 bits per heavy atom. The topological polar surface area (TPSA) is 73.6 Å². The van der Waals surface area contributed by atoms with Gasteiger partial charge in [0.2, 0.25) is 5.91 Å². The molecular weight excluding hydrogens is 268 g/mol. The van der Waals surface area contributed by atoms with E-state index in [1.807, 2.05) is 13.8 Å². The zero-order valence-electron chi connectivity index (χ0n) is 13.8. The number of carbonyl (C=O) groups is 1. The summed E-state index contributed by atoms with van der Waals surface area (Å²) in [5, 5.41) is 3.41. The number of nitrogens with one attached hydrogen (secondary N) is 1. The van der Waals surface area contributed by atoms with Gasteiger partial charge in [0.15, 0.2) is 0 Å². The Hall–Kier alpha value is -0.650. The predicted molar refractivity (Wildman–Crippen MR) is 84.1 cm³/mol. The van der Waals surface area contributed by atoms with E-state index in [2.05, 4.69) is 12.2 Å². The molecule has 1 rings (SSSR count). The lowest BCUT2D eigenvalue weighted by atomic mass is 9.84. The van der Waals surface area contributed by atoms with Crippen molar-refractivity contribution < 1.29 is 14.3 Å². The van der Waals surface area contributed by atoms with Gasteiger partial charge in [-0.05, 0) is 52.0 Å². The normalized spacial score (nSPS) is 25.6. The van der Waals surface area contributed by atoms with E-state index in [0.717, 1.165) is 38.6 Å². The van der Waals surface area contributed by atoms with E-state index in [0.29, 0.717) is 19.8 Å². The number of rotatable bonds is 11. The van der Waals surface area contributed by atoms with E-state index in [-0.39, 0.29) is 17.9 Å². The number of hydrogen-bond acceptors (Lipinski definition) is 4. The third kappa shape index (κ3) is 5.57. The maximum absolute atomic E-state index is 11.9. The van der Waals surface area contributed by atoms with Crippen molar-refractivity contribution in [2.45, 2.75) is 64.5 Å². The van der Waals surface area contributed by atoms with E-state index in [1.165, 1.54) is 0 Å². The van der Waals surface area contributed by atoms with Gasteiger partial charge < -0.3 is 20.5 Å². The first-order valence-corrected chi connectivity index (χ1v) is 8.27. The number of hydrogen-bond donors (Lipinski definition) is 2. The molecule has 1 aliphatic carbocycles. The van der Waals surface area contributed by atoms with Crippen LogP contribution in [0, 0.1) is 5.92 Å². The number of carbonyl (C=O) groups excluding carboxylic acids is 1. The van der Waals surface area contributed by atoms with Crippen LogP contribution in [0.4, 0.5) is 0 Å². The second kappa shape index (κ2) is 9.38. The number of nitrogens with two attached hydrogens (primary N) is 1. The van der Waals surface area contributed by atoms with E-state index in [1.54, 1.807) is 0 Å². The maximum atomic E-state index is 11.9. The fourth-order valence-electron chi connectivity index (χ4n) is 3.13. The SMILES string of the molecule is CCCNC1(C(N)=O)CCCC1CCOCCOC(C)C. The average Bonchev–Trinajstić information content (AvgIpc) is 2.84. The molecule has 0 saturated heterocycles. The molecule has 5 nitrogen and oxygen atoms in total. The zero-order valence-corrected chi connectivity index (χ0v) is 13.8. The highest BCUT2D eigenvalue weighted by Gasteiger charge is 2.46. The summed E-state index contributed by atoms with van der Waals surface area (Å²) >= 11 is 0. The smallest absolute Gasteiger partial charge is 0.238 e. The third-order valence-corrected chi connectivity index (χ3v) is 4.24. The number of amides is 1. The van der Waals surface area contributed by atoms with E-state index in [4.69, 9.17) is 15.2 Å². The van der Waals surface area contributed by atoms with Crippen LogP contribution < -0.4 is 11.1 Å². The lowest BCUT2D eigenvalue weighted by Crippen LogP contribution is -2.58. The van der Waals surface area contributed by atoms with E-state index < -0.39 is 5.54 Å². The van der Waals surface area contributed by atoms with Crippen LogP contribution >= 0.6 is 0 Å². The van der Waals surface area contributed by atoms with Crippen molar-refractivity contribution >= 4 is 5.91 Å². The van der Waals surface area contributed by atoms with Crippen LogP contribution in [0.3, 0.4) is 0 Å². The largest absolute Gasteiger partial charge is 0.379 e. The Bertz CT molecular complexity index is 310. The van der Waals surface area contributed by atoms with Gasteiger partial charge in [0, 0.05) is 6.61 Å². The molecule has 5 heteroatoms. The van der Waals surface area contributed by atoms with Gasteiger partial charge in [-0.1, -0.05) is 13.3 Å². The highest BCUT2D eigenvalue weighted by atomic mass is 16.5. The molecule has 21 heavy (non-hydrogen) atoms. The quantitative estimate of drug-likeness (QED) is 0.571. The van der Waals surface area contributed by atoms with E-state index >= 15 is 0 Å². The Labute approximate surface area is 128 Å². The molecule has 124 valence electrons. The lowest BCUT2D eigenvalue weighted by molar-refractivity contribution is -0.126. The predicted octanol–water partition coefficient (Wildman–Crippen LogP) is 1.84. The molecule has 3 N–H and O–H groups in total. The Morgan fingerprint density at radius 3 is 2.76 bits per heavy atom. The molecule has 1 saturated carbocycles. The fourth-order valence-corrected chi connectivity index (χ4v) is 3.13. The van der Waals surface area contributed by atoms with Crippen molar-refractivity contribution in [3.63, 3.8) is 0 Å². The molecule has 0 spiro atoms. The molecule has 2 atom stereocenters. The second-order valence-electron chi connectivity index (χ2n) is 6.17. The fraction of sp³-hybridized carbons (Fsp3) is 0.938. The molecule has 1 aliphatic rings. The number of primary amides is 1. The van der Waals surface area contributed by atoms with Gasteiger partial charge in [-0.3, -0.25) is 4.79 Å². The van der Waals surface area contributed by atoms with Gasteiger partial charge in [0.1, 0.15) is 5.54 Å². The summed E-state index contributed by atoms with van der Waals surface area (Å²) in [5.41, 5.74) is 5.17. The molecular formula is C16H32N2O3. The summed E-state index contributed by atoms with van der Waals surface area (Å²) in [5.74, 6) is 0.0779.